The Morgan fingerprint density at radius 3 is 2.74 bits per heavy atom. The van der Waals surface area contributed by atoms with Gasteiger partial charge < -0.3 is 10.1 Å². The number of ether oxygens (including phenoxy) is 1. The maximum absolute atomic E-state index is 11.1. The molecule has 108 valence electrons. The SMILES string of the molecule is CCNC(CCCS(C)(=O)=O)c1cc(OC)ncn1. The highest BCUT2D eigenvalue weighted by atomic mass is 32.2. The predicted octanol–water partition coefficient (Wildman–Crippen LogP) is 0.961. The smallest absolute Gasteiger partial charge is 0.216 e. The van der Waals surface area contributed by atoms with Crippen molar-refractivity contribution in [1.29, 1.82) is 0 Å². The summed E-state index contributed by atoms with van der Waals surface area (Å²) >= 11 is 0. The Hall–Kier alpha value is -1.21. The third kappa shape index (κ3) is 5.98. The summed E-state index contributed by atoms with van der Waals surface area (Å²) in [6.45, 7) is 2.79. The van der Waals surface area contributed by atoms with Gasteiger partial charge in [-0.2, -0.15) is 0 Å². The van der Waals surface area contributed by atoms with Crippen molar-refractivity contribution < 1.29 is 13.2 Å². The maximum Gasteiger partial charge on any atom is 0.216 e. The predicted molar refractivity (Wildman–Crippen MR) is 73.9 cm³/mol. The van der Waals surface area contributed by atoms with Gasteiger partial charge in [0.05, 0.1) is 12.8 Å². The lowest BCUT2D eigenvalue weighted by Crippen LogP contribution is -2.22. The summed E-state index contributed by atoms with van der Waals surface area (Å²) in [4.78, 5) is 8.18. The molecule has 0 radical (unpaired) electrons. The van der Waals surface area contributed by atoms with E-state index in [0.717, 1.165) is 12.2 Å². The van der Waals surface area contributed by atoms with E-state index in [1.165, 1.54) is 12.6 Å². The summed E-state index contributed by atoms with van der Waals surface area (Å²) in [5, 5.41) is 3.30. The van der Waals surface area contributed by atoms with Gasteiger partial charge in [-0.05, 0) is 19.4 Å². The normalized spacial score (nSPS) is 13.2. The van der Waals surface area contributed by atoms with Gasteiger partial charge in [0, 0.05) is 24.1 Å². The van der Waals surface area contributed by atoms with Crippen LogP contribution in [-0.2, 0) is 9.84 Å². The molecule has 0 spiro atoms. The molecule has 1 aromatic heterocycles. The van der Waals surface area contributed by atoms with Crippen molar-refractivity contribution in [2.75, 3.05) is 25.7 Å². The van der Waals surface area contributed by atoms with Gasteiger partial charge in [-0.25, -0.2) is 18.4 Å². The second kappa shape index (κ2) is 7.40. The molecule has 1 aromatic rings. The van der Waals surface area contributed by atoms with Gasteiger partial charge in [0.1, 0.15) is 16.2 Å². The molecular weight excluding hydrogens is 266 g/mol. The highest BCUT2D eigenvalue weighted by Gasteiger charge is 2.14. The molecule has 1 unspecified atom stereocenters. The molecule has 0 aliphatic carbocycles. The molecule has 1 atom stereocenters. The molecule has 0 aromatic carbocycles. The van der Waals surface area contributed by atoms with Crippen LogP contribution in [0.2, 0.25) is 0 Å². The first kappa shape index (κ1) is 15.8. The number of hydrogen-bond acceptors (Lipinski definition) is 6. The van der Waals surface area contributed by atoms with Gasteiger partial charge in [-0.3, -0.25) is 0 Å². The van der Waals surface area contributed by atoms with E-state index in [0.29, 0.717) is 18.7 Å². The van der Waals surface area contributed by atoms with E-state index in [1.807, 2.05) is 6.92 Å². The lowest BCUT2D eigenvalue weighted by molar-refractivity contribution is 0.393. The van der Waals surface area contributed by atoms with E-state index in [-0.39, 0.29) is 11.8 Å². The standard InChI is InChI=1S/C12H21N3O3S/c1-4-13-10(6-5-7-19(3,16)17)11-8-12(18-2)15-9-14-11/h8-10,13H,4-7H2,1-3H3. The van der Waals surface area contributed by atoms with Crippen molar-refractivity contribution in [2.24, 2.45) is 0 Å². The topological polar surface area (TPSA) is 81.2 Å². The zero-order valence-corrected chi connectivity index (χ0v) is 12.4. The van der Waals surface area contributed by atoms with Crippen LogP contribution < -0.4 is 10.1 Å². The van der Waals surface area contributed by atoms with Crippen molar-refractivity contribution in [2.45, 2.75) is 25.8 Å². The largest absolute Gasteiger partial charge is 0.481 e. The van der Waals surface area contributed by atoms with E-state index >= 15 is 0 Å². The Bertz CT molecular complexity index is 491. The molecular formula is C12H21N3O3S. The quantitative estimate of drug-likeness (QED) is 0.767. The average Bonchev–Trinajstić information content (AvgIpc) is 2.36. The monoisotopic (exact) mass is 287 g/mol. The van der Waals surface area contributed by atoms with Crippen LogP contribution in [0, 0.1) is 0 Å². The molecule has 7 heteroatoms. The highest BCUT2D eigenvalue weighted by Crippen LogP contribution is 2.19. The lowest BCUT2D eigenvalue weighted by Gasteiger charge is -2.17. The molecule has 0 amide bonds. The molecule has 0 aliphatic rings. The molecule has 0 aliphatic heterocycles. The summed E-state index contributed by atoms with van der Waals surface area (Å²) in [5.41, 5.74) is 0.821. The van der Waals surface area contributed by atoms with E-state index < -0.39 is 9.84 Å². The molecule has 0 saturated carbocycles. The fourth-order valence-corrected chi connectivity index (χ4v) is 2.50. The molecule has 6 nitrogen and oxygen atoms in total. The molecule has 1 N–H and O–H groups in total. The third-order valence-electron chi connectivity index (χ3n) is 2.69. The van der Waals surface area contributed by atoms with Crippen LogP contribution in [0.25, 0.3) is 0 Å². The van der Waals surface area contributed by atoms with E-state index in [4.69, 9.17) is 4.74 Å². The maximum atomic E-state index is 11.1. The average molecular weight is 287 g/mol. The number of sulfone groups is 1. The Balaban J connectivity index is 2.70. The van der Waals surface area contributed by atoms with Crippen molar-refractivity contribution in [1.82, 2.24) is 15.3 Å². The van der Waals surface area contributed by atoms with Crippen molar-refractivity contribution >= 4 is 9.84 Å². The van der Waals surface area contributed by atoms with Gasteiger partial charge in [0.25, 0.3) is 0 Å². The van der Waals surface area contributed by atoms with Gasteiger partial charge in [0.15, 0.2) is 0 Å². The number of nitrogens with one attached hydrogen (secondary N) is 1. The van der Waals surface area contributed by atoms with E-state index in [9.17, 15) is 8.42 Å². The molecule has 19 heavy (non-hydrogen) atoms. The van der Waals surface area contributed by atoms with Gasteiger partial charge in [-0.1, -0.05) is 6.92 Å². The number of nitrogens with zero attached hydrogens (tertiary/aromatic N) is 2. The van der Waals surface area contributed by atoms with Crippen LogP contribution in [-0.4, -0.2) is 44.0 Å². The minimum atomic E-state index is -2.91. The molecule has 0 fully saturated rings. The second-order valence-electron chi connectivity index (χ2n) is 4.37. The Morgan fingerprint density at radius 1 is 1.42 bits per heavy atom. The van der Waals surface area contributed by atoms with Crippen LogP contribution in [0.1, 0.15) is 31.5 Å². The first-order valence-corrected chi connectivity index (χ1v) is 8.29. The zero-order valence-electron chi connectivity index (χ0n) is 11.6. The summed E-state index contributed by atoms with van der Waals surface area (Å²) in [6, 6.07) is 1.79. The van der Waals surface area contributed by atoms with Crippen LogP contribution in [0.15, 0.2) is 12.4 Å². The molecule has 0 bridgehead atoms. The third-order valence-corrected chi connectivity index (χ3v) is 3.72. The second-order valence-corrected chi connectivity index (χ2v) is 6.63. The van der Waals surface area contributed by atoms with Crippen LogP contribution in [0.3, 0.4) is 0 Å². The first-order chi connectivity index (χ1) is 8.96. The lowest BCUT2D eigenvalue weighted by atomic mass is 10.1. The molecule has 1 heterocycles. The Kier molecular flexibility index (Phi) is 6.17. The van der Waals surface area contributed by atoms with E-state index in [2.05, 4.69) is 15.3 Å². The summed E-state index contributed by atoms with van der Waals surface area (Å²) in [5.74, 6) is 0.702. The summed E-state index contributed by atoms with van der Waals surface area (Å²) in [6.07, 6.45) is 4.02. The highest BCUT2D eigenvalue weighted by molar-refractivity contribution is 7.90. The van der Waals surface area contributed by atoms with Crippen LogP contribution >= 0.6 is 0 Å². The Labute approximate surface area is 114 Å². The minimum absolute atomic E-state index is 0.0173. The van der Waals surface area contributed by atoms with Gasteiger partial charge >= 0.3 is 0 Å². The summed E-state index contributed by atoms with van der Waals surface area (Å²) in [7, 11) is -1.36. The zero-order chi connectivity index (χ0) is 14.3. The molecule has 1 rings (SSSR count). The van der Waals surface area contributed by atoms with Gasteiger partial charge in [0.2, 0.25) is 5.88 Å². The fraction of sp³-hybridized carbons (Fsp3) is 0.667. The number of aromatic nitrogens is 2. The number of methoxy groups -OCH3 is 1. The number of rotatable bonds is 8. The van der Waals surface area contributed by atoms with Crippen molar-refractivity contribution in [3.8, 4) is 5.88 Å². The first-order valence-electron chi connectivity index (χ1n) is 6.23. The minimum Gasteiger partial charge on any atom is -0.481 e. The summed E-state index contributed by atoms with van der Waals surface area (Å²) < 4.78 is 27.4. The number of hydrogen-bond donors (Lipinski definition) is 1. The van der Waals surface area contributed by atoms with Crippen molar-refractivity contribution in [3.05, 3.63) is 18.1 Å². The Morgan fingerprint density at radius 2 is 2.16 bits per heavy atom. The fourth-order valence-electron chi connectivity index (χ4n) is 1.81. The van der Waals surface area contributed by atoms with Crippen LogP contribution in [0.4, 0.5) is 0 Å². The van der Waals surface area contributed by atoms with Crippen molar-refractivity contribution in [3.63, 3.8) is 0 Å². The van der Waals surface area contributed by atoms with Gasteiger partial charge in [-0.15, -0.1) is 0 Å². The van der Waals surface area contributed by atoms with Crippen LogP contribution in [0.5, 0.6) is 5.88 Å². The van der Waals surface area contributed by atoms with E-state index in [1.54, 1.807) is 13.2 Å². The molecule has 0 saturated heterocycles.